The zero-order valence-corrected chi connectivity index (χ0v) is 13.9. The highest BCUT2D eigenvalue weighted by atomic mass is 35.5. The second kappa shape index (κ2) is 6.14. The number of benzene rings is 2. The number of aromatic nitrogens is 3. The summed E-state index contributed by atoms with van der Waals surface area (Å²) in [5.41, 5.74) is 0.883. The van der Waals surface area contributed by atoms with Crippen molar-refractivity contribution in [3.63, 3.8) is 0 Å². The van der Waals surface area contributed by atoms with Gasteiger partial charge >= 0.3 is 0 Å². The van der Waals surface area contributed by atoms with Crippen LogP contribution in [0.4, 0.5) is 0 Å². The molecule has 0 aliphatic heterocycles. The predicted octanol–water partition coefficient (Wildman–Crippen LogP) is 3.11. The first-order valence-electron chi connectivity index (χ1n) is 6.89. The summed E-state index contributed by atoms with van der Waals surface area (Å²) in [7, 11) is -1.78. The van der Waals surface area contributed by atoms with Crippen LogP contribution in [-0.4, -0.2) is 23.2 Å². The van der Waals surface area contributed by atoms with Crippen LogP contribution in [0.1, 0.15) is 5.82 Å². The normalized spacial score (nSPS) is 11.6. The van der Waals surface area contributed by atoms with E-state index in [1.54, 1.807) is 23.7 Å². The van der Waals surface area contributed by atoms with Crippen LogP contribution >= 0.6 is 11.6 Å². The van der Waals surface area contributed by atoms with Crippen molar-refractivity contribution in [3.05, 3.63) is 65.4 Å². The molecule has 0 atom stereocenters. The Balaban J connectivity index is 1.94. The average Bonchev–Trinajstić information content (AvgIpc) is 2.89. The number of sulfone groups is 1. The SMILES string of the molecule is Cn1c(CS(=O)(=O)c2cccc(Cl)c2)nnc1-c1ccccc1. The monoisotopic (exact) mass is 347 g/mol. The summed E-state index contributed by atoms with van der Waals surface area (Å²) in [6.45, 7) is 0. The molecule has 0 bridgehead atoms. The van der Waals surface area contributed by atoms with Crippen molar-refractivity contribution in [1.29, 1.82) is 0 Å². The minimum Gasteiger partial charge on any atom is -0.313 e. The van der Waals surface area contributed by atoms with Crippen molar-refractivity contribution in [1.82, 2.24) is 14.8 Å². The van der Waals surface area contributed by atoms with Gasteiger partial charge in [-0.3, -0.25) is 0 Å². The van der Waals surface area contributed by atoms with Gasteiger partial charge in [0.2, 0.25) is 0 Å². The third-order valence-electron chi connectivity index (χ3n) is 3.47. The Hall–Kier alpha value is -2.18. The molecule has 0 saturated heterocycles. The van der Waals surface area contributed by atoms with Crippen LogP contribution in [0.3, 0.4) is 0 Å². The summed E-state index contributed by atoms with van der Waals surface area (Å²) in [6.07, 6.45) is 0. The van der Waals surface area contributed by atoms with Gasteiger partial charge in [-0.1, -0.05) is 48.0 Å². The van der Waals surface area contributed by atoms with E-state index in [2.05, 4.69) is 10.2 Å². The summed E-state index contributed by atoms with van der Waals surface area (Å²) >= 11 is 5.87. The lowest BCUT2D eigenvalue weighted by Crippen LogP contribution is -2.09. The van der Waals surface area contributed by atoms with Crippen LogP contribution in [0.2, 0.25) is 5.02 Å². The fourth-order valence-corrected chi connectivity index (χ4v) is 3.84. The van der Waals surface area contributed by atoms with Gasteiger partial charge in [0.25, 0.3) is 0 Å². The highest BCUT2D eigenvalue weighted by Gasteiger charge is 2.20. The predicted molar refractivity (Wildman–Crippen MR) is 88.8 cm³/mol. The lowest BCUT2D eigenvalue weighted by atomic mass is 10.2. The summed E-state index contributed by atoms with van der Waals surface area (Å²) in [4.78, 5) is 0.175. The topological polar surface area (TPSA) is 64.8 Å². The minimum atomic E-state index is -3.53. The van der Waals surface area contributed by atoms with Gasteiger partial charge in [0.05, 0.1) is 4.90 Å². The van der Waals surface area contributed by atoms with E-state index in [0.717, 1.165) is 5.56 Å². The molecule has 23 heavy (non-hydrogen) atoms. The van der Waals surface area contributed by atoms with Gasteiger partial charge in [-0.15, -0.1) is 10.2 Å². The van der Waals surface area contributed by atoms with Gasteiger partial charge in [-0.05, 0) is 18.2 Å². The molecule has 0 N–H and O–H groups in total. The Morgan fingerprint density at radius 1 is 1.04 bits per heavy atom. The van der Waals surface area contributed by atoms with E-state index < -0.39 is 9.84 Å². The standard InChI is InChI=1S/C16H14ClN3O2S/c1-20-15(18-19-16(20)12-6-3-2-4-7-12)11-23(21,22)14-9-5-8-13(17)10-14/h2-10H,11H2,1H3. The van der Waals surface area contributed by atoms with E-state index in [0.29, 0.717) is 16.7 Å². The maximum absolute atomic E-state index is 12.5. The highest BCUT2D eigenvalue weighted by molar-refractivity contribution is 7.90. The molecule has 0 fully saturated rings. The molecule has 0 amide bonds. The Morgan fingerprint density at radius 2 is 1.78 bits per heavy atom. The van der Waals surface area contributed by atoms with Crippen molar-refractivity contribution < 1.29 is 8.42 Å². The number of hydrogen-bond acceptors (Lipinski definition) is 4. The van der Waals surface area contributed by atoms with E-state index in [4.69, 9.17) is 11.6 Å². The summed E-state index contributed by atoms with van der Waals surface area (Å²) < 4.78 is 26.7. The van der Waals surface area contributed by atoms with Crippen LogP contribution < -0.4 is 0 Å². The molecule has 5 nitrogen and oxygen atoms in total. The number of rotatable bonds is 4. The molecular weight excluding hydrogens is 334 g/mol. The van der Waals surface area contributed by atoms with Gasteiger partial charge < -0.3 is 4.57 Å². The Morgan fingerprint density at radius 3 is 2.48 bits per heavy atom. The van der Waals surface area contributed by atoms with Crippen molar-refractivity contribution in [2.24, 2.45) is 7.05 Å². The smallest absolute Gasteiger partial charge is 0.185 e. The van der Waals surface area contributed by atoms with Crippen LogP contribution in [0.25, 0.3) is 11.4 Å². The number of hydrogen-bond donors (Lipinski definition) is 0. The molecule has 7 heteroatoms. The largest absolute Gasteiger partial charge is 0.313 e. The molecule has 0 aliphatic carbocycles. The molecule has 0 spiro atoms. The van der Waals surface area contributed by atoms with Crippen LogP contribution in [0.15, 0.2) is 59.5 Å². The lowest BCUT2D eigenvalue weighted by Gasteiger charge is -2.06. The fraction of sp³-hybridized carbons (Fsp3) is 0.125. The van der Waals surface area contributed by atoms with Crippen molar-refractivity contribution in [2.45, 2.75) is 10.6 Å². The zero-order valence-electron chi connectivity index (χ0n) is 12.3. The fourth-order valence-electron chi connectivity index (χ4n) is 2.24. The molecule has 0 radical (unpaired) electrons. The second-order valence-electron chi connectivity index (χ2n) is 5.08. The first kappa shape index (κ1) is 15.7. The quantitative estimate of drug-likeness (QED) is 0.727. The van der Waals surface area contributed by atoms with E-state index >= 15 is 0 Å². The van der Waals surface area contributed by atoms with Gasteiger partial charge in [0.1, 0.15) is 11.6 Å². The maximum Gasteiger partial charge on any atom is 0.185 e. The Bertz CT molecular complexity index is 937. The second-order valence-corrected chi connectivity index (χ2v) is 7.51. The number of nitrogens with zero attached hydrogens (tertiary/aromatic N) is 3. The summed E-state index contributed by atoms with van der Waals surface area (Å²) in [6, 6.07) is 15.7. The molecule has 1 aromatic heterocycles. The summed E-state index contributed by atoms with van der Waals surface area (Å²) in [5, 5.41) is 8.51. The van der Waals surface area contributed by atoms with Gasteiger partial charge in [-0.25, -0.2) is 8.42 Å². The van der Waals surface area contributed by atoms with Crippen molar-refractivity contribution in [3.8, 4) is 11.4 Å². The third kappa shape index (κ3) is 3.28. The Kier molecular flexibility index (Phi) is 4.19. The van der Waals surface area contributed by atoms with E-state index in [1.807, 2.05) is 30.3 Å². The average molecular weight is 348 g/mol. The van der Waals surface area contributed by atoms with Crippen LogP contribution in [0.5, 0.6) is 0 Å². The zero-order chi connectivity index (χ0) is 16.4. The minimum absolute atomic E-state index is 0.175. The molecule has 0 aliphatic rings. The maximum atomic E-state index is 12.5. The van der Waals surface area contributed by atoms with Gasteiger partial charge in [0.15, 0.2) is 15.7 Å². The van der Waals surface area contributed by atoms with Crippen LogP contribution in [-0.2, 0) is 22.6 Å². The number of halogens is 1. The van der Waals surface area contributed by atoms with Crippen molar-refractivity contribution in [2.75, 3.05) is 0 Å². The molecule has 3 rings (SSSR count). The van der Waals surface area contributed by atoms with Gasteiger partial charge in [0, 0.05) is 17.6 Å². The first-order chi connectivity index (χ1) is 11.0. The highest BCUT2D eigenvalue weighted by Crippen LogP contribution is 2.21. The third-order valence-corrected chi connectivity index (χ3v) is 5.32. The molecule has 0 saturated carbocycles. The Labute approximate surface area is 139 Å². The molecule has 3 aromatic rings. The van der Waals surface area contributed by atoms with Crippen molar-refractivity contribution >= 4 is 21.4 Å². The molecule has 118 valence electrons. The van der Waals surface area contributed by atoms with Gasteiger partial charge in [-0.2, -0.15) is 0 Å². The molecular formula is C16H14ClN3O2S. The summed E-state index contributed by atoms with van der Waals surface area (Å²) in [5.74, 6) is 0.773. The molecule has 2 aromatic carbocycles. The lowest BCUT2D eigenvalue weighted by molar-refractivity contribution is 0.592. The van der Waals surface area contributed by atoms with E-state index in [-0.39, 0.29) is 10.6 Å². The van der Waals surface area contributed by atoms with E-state index in [1.165, 1.54) is 12.1 Å². The first-order valence-corrected chi connectivity index (χ1v) is 8.92. The molecule has 0 unspecified atom stereocenters. The van der Waals surface area contributed by atoms with E-state index in [9.17, 15) is 8.42 Å². The van der Waals surface area contributed by atoms with Crippen LogP contribution in [0, 0.1) is 0 Å². The molecule has 1 heterocycles.